The van der Waals surface area contributed by atoms with Gasteiger partial charge >= 0.3 is 0 Å². The van der Waals surface area contributed by atoms with E-state index in [1.165, 1.54) is 86.3 Å². The van der Waals surface area contributed by atoms with E-state index < -0.39 is 0 Å². The van der Waals surface area contributed by atoms with Gasteiger partial charge in [0.2, 0.25) is 0 Å². The van der Waals surface area contributed by atoms with Crippen LogP contribution in [0.5, 0.6) is 0 Å². The van der Waals surface area contributed by atoms with Crippen molar-refractivity contribution in [3.05, 3.63) is 132 Å². The fourth-order valence-corrected chi connectivity index (χ4v) is 8.53. The third-order valence-electron chi connectivity index (χ3n) is 10.0. The molecule has 0 bridgehead atoms. The summed E-state index contributed by atoms with van der Waals surface area (Å²) in [5, 5.41) is 7.83. The van der Waals surface area contributed by atoms with Crippen molar-refractivity contribution in [1.29, 1.82) is 0 Å². The van der Waals surface area contributed by atoms with Gasteiger partial charge in [0.25, 0.3) is 0 Å². The second-order valence-corrected chi connectivity index (χ2v) is 16.2. The van der Waals surface area contributed by atoms with Gasteiger partial charge in [0, 0.05) is 53.1 Å². The second kappa shape index (κ2) is 9.82. The fraction of sp³-hybridized carbons (Fsp3) is 0.182. The first-order valence-corrected chi connectivity index (χ1v) is 17.4. The highest BCUT2D eigenvalue weighted by molar-refractivity contribution is 7.25. The SMILES string of the molecule is CC(C)(C)c1ccc2c(c1)c1ccccc1n2-c1ccc2sc3ccc(-n4c5ccccc5c5cc(C(C)(C)C)ccc54)cc3c2c1. The van der Waals surface area contributed by atoms with Crippen molar-refractivity contribution in [3.8, 4) is 11.4 Å². The Morgan fingerprint density at radius 1 is 0.383 bits per heavy atom. The molecule has 9 rings (SSSR count). The van der Waals surface area contributed by atoms with Crippen molar-refractivity contribution in [2.75, 3.05) is 0 Å². The van der Waals surface area contributed by atoms with Gasteiger partial charge in [-0.15, -0.1) is 11.3 Å². The average Bonchev–Trinajstić information content (AvgIpc) is 3.70. The van der Waals surface area contributed by atoms with E-state index in [1.54, 1.807) is 0 Å². The van der Waals surface area contributed by atoms with Gasteiger partial charge in [-0.05, 0) is 94.8 Å². The van der Waals surface area contributed by atoms with Gasteiger partial charge < -0.3 is 9.13 Å². The van der Waals surface area contributed by atoms with Crippen molar-refractivity contribution in [2.24, 2.45) is 0 Å². The van der Waals surface area contributed by atoms with Gasteiger partial charge in [0.15, 0.2) is 0 Å². The highest BCUT2D eigenvalue weighted by atomic mass is 32.1. The van der Waals surface area contributed by atoms with Gasteiger partial charge in [-0.3, -0.25) is 0 Å². The number of nitrogens with zero attached hydrogens (tertiary/aromatic N) is 2. The molecule has 0 saturated carbocycles. The first-order valence-electron chi connectivity index (χ1n) is 16.6. The third kappa shape index (κ3) is 4.29. The van der Waals surface area contributed by atoms with E-state index in [-0.39, 0.29) is 10.8 Å². The Hall–Kier alpha value is -4.86. The molecule has 9 aromatic rings. The number of benzene rings is 6. The molecule has 2 nitrogen and oxygen atoms in total. The van der Waals surface area contributed by atoms with E-state index in [0.717, 1.165) is 0 Å². The fourth-order valence-electron chi connectivity index (χ4n) is 7.47. The number of para-hydroxylation sites is 2. The van der Waals surface area contributed by atoms with Gasteiger partial charge in [-0.2, -0.15) is 0 Å². The molecular weight excluding hydrogens is 589 g/mol. The minimum Gasteiger partial charge on any atom is -0.309 e. The molecule has 3 heterocycles. The first kappa shape index (κ1) is 28.4. The third-order valence-corrected chi connectivity index (χ3v) is 11.2. The Morgan fingerprint density at radius 2 is 0.787 bits per heavy atom. The molecule has 0 spiro atoms. The average molecular weight is 627 g/mol. The Labute approximate surface area is 279 Å². The van der Waals surface area contributed by atoms with Gasteiger partial charge in [-0.1, -0.05) is 90.1 Å². The number of fused-ring (bicyclic) bond motifs is 9. The summed E-state index contributed by atoms with van der Waals surface area (Å²) in [7, 11) is 0. The van der Waals surface area contributed by atoms with Crippen LogP contribution in [-0.4, -0.2) is 9.13 Å². The molecule has 0 atom stereocenters. The lowest BCUT2D eigenvalue weighted by Gasteiger charge is -2.19. The molecule has 3 aromatic heterocycles. The maximum Gasteiger partial charge on any atom is 0.0541 e. The van der Waals surface area contributed by atoms with Crippen LogP contribution < -0.4 is 0 Å². The van der Waals surface area contributed by atoms with Crippen LogP contribution in [0.15, 0.2) is 121 Å². The molecule has 3 heteroatoms. The number of hydrogen-bond donors (Lipinski definition) is 0. The molecule has 0 radical (unpaired) electrons. The summed E-state index contributed by atoms with van der Waals surface area (Å²) < 4.78 is 7.52. The number of rotatable bonds is 2. The molecule has 0 amide bonds. The molecule has 0 saturated heterocycles. The molecular formula is C44H38N2S. The minimum atomic E-state index is 0.0921. The predicted octanol–water partition coefficient (Wildman–Crippen LogP) is 12.8. The Morgan fingerprint density at radius 3 is 1.21 bits per heavy atom. The van der Waals surface area contributed by atoms with Crippen molar-refractivity contribution < 1.29 is 0 Å². The molecule has 0 aliphatic rings. The maximum absolute atomic E-state index is 2.45. The molecule has 0 aliphatic heterocycles. The van der Waals surface area contributed by atoms with Crippen LogP contribution in [-0.2, 0) is 10.8 Å². The number of thiophene rings is 1. The quantitative estimate of drug-likeness (QED) is 0.181. The van der Waals surface area contributed by atoms with Crippen LogP contribution in [0.2, 0.25) is 0 Å². The van der Waals surface area contributed by atoms with Crippen LogP contribution in [0.25, 0.3) is 75.2 Å². The summed E-state index contributed by atoms with van der Waals surface area (Å²) in [6.45, 7) is 13.7. The normalized spacial score (nSPS) is 12.9. The van der Waals surface area contributed by atoms with Crippen molar-refractivity contribution in [1.82, 2.24) is 9.13 Å². The summed E-state index contributed by atoms with van der Waals surface area (Å²) in [5.41, 5.74) is 10.3. The lowest BCUT2D eigenvalue weighted by molar-refractivity contribution is 0.591. The zero-order valence-corrected chi connectivity index (χ0v) is 28.7. The summed E-state index contributed by atoms with van der Waals surface area (Å²) in [5.74, 6) is 0. The zero-order chi connectivity index (χ0) is 32.2. The van der Waals surface area contributed by atoms with Crippen LogP contribution in [0.1, 0.15) is 52.7 Å². The van der Waals surface area contributed by atoms with Gasteiger partial charge in [-0.25, -0.2) is 0 Å². The van der Waals surface area contributed by atoms with Crippen LogP contribution in [0.3, 0.4) is 0 Å². The zero-order valence-electron chi connectivity index (χ0n) is 27.8. The van der Waals surface area contributed by atoms with E-state index in [4.69, 9.17) is 0 Å². The van der Waals surface area contributed by atoms with Gasteiger partial charge in [0.1, 0.15) is 0 Å². The molecule has 0 fully saturated rings. The van der Waals surface area contributed by atoms with E-state index in [2.05, 4.69) is 172 Å². The van der Waals surface area contributed by atoms with Crippen LogP contribution >= 0.6 is 11.3 Å². The summed E-state index contributed by atoms with van der Waals surface area (Å²) in [6, 6.07) is 45.7. The lowest BCUT2D eigenvalue weighted by atomic mass is 9.86. The first-order chi connectivity index (χ1) is 22.6. The van der Waals surface area contributed by atoms with E-state index >= 15 is 0 Å². The predicted molar refractivity (Wildman–Crippen MR) is 205 cm³/mol. The van der Waals surface area contributed by atoms with Crippen LogP contribution in [0, 0.1) is 0 Å². The highest BCUT2D eigenvalue weighted by Gasteiger charge is 2.20. The number of hydrogen-bond acceptors (Lipinski definition) is 1. The maximum atomic E-state index is 2.45. The number of aromatic nitrogens is 2. The topological polar surface area (TPSA) is 9.86 Å². The lowest BCUT2D eigenvalue weighted by Crippen LogP contribution is -2.10. The Bertz CT molecular complexity index is 2510. The van der Waals surface area contributed by atoms with Crippen LogP contribution in [0.4, 0.5) is 0 Å². The van der Waals surface area contributed by atoms with E-state index in [9.17, 15) is 0 Å². The molecule has 0 unspecified atom stereocenters. The molecule has 230 valence electrons. The van der Waals surface area contributed by atoms with Crippen molar-refractivity contribution in [2.45, 2.75) is 52.4 Å². The Kier molecular flexibility index (Phi) is 5.93. The summed E-state index contributed by atoms with van der Waals surface area (Å²) >= 11 is 1.88. The minimum absolute atomic E-state index is 0.0921. The largest absolute Gasteiger partial charge is 0.309 e. The van der Waals surface area contributed by atoms with Crippen molar-refractivity contribution in [3.63, 3.8) is 0 Å². The monoisotopic (exact) mass is 626 g/mol. The Balaban J connectivity index is 1.27. The smallest absolute Gasteiger partial charge is 0.0541 e. The summed E-state index contributed by atoms with van der Waals surface area (Å²) in [4.78, 5) is 0. The highest BCUT2D eigenvalue weighted by Crippen LogP contribution is 2.41. The summed E-state index contributed by atoms with van der Waals surface area (Å²) in [6.07, 6.45) is 0. The van der Waals surface area contributed by atoms with Crippen molar-refractivity contribution >= 4 is 75.1 Å². The molecule has 47 heavy (non-hydrogen) atoms. The van der Waals surface area contributed by atoms with E-state index in [1.807, 2.05) is 11.3 Å². The van der Waals surface area contributed by atoms with E-state index in [0.29, 0.717) is 0 Å². The molecule has 0 aliphatic carbocycles. The molecule has 6 aromatic carbocycles. The van der Waals surface area contributed by atoms with Gasteiger partial charge in [0.05, 0.1) is 22.1 Å². The molecule has 0 N–H and O–H groups in total. The standard InChI is InChI=1S/C44H38N2S/c1-43(2,3)27-15-19-39-33(23-27)31-11-7-9-13-37(31)45(39)29-17-21-41-35(25-29)36-26-30(18-22-42(36)47-41)46-38-14-10-8-12-32(38)34-24-28(44(4,5)6)16-20-40(34)46/h7-26H,1-6H3. The second-order valence-electron chi connectivity index (χ2n) is 15.1.